The van der Waals surface area contributed by atoms with Crippen LogP contribution in [0.2, 0.25) is 0 Å². The number of piperazine rings is 1. The summed E-state index contributed by atoms with van der Waals surface area (Å²) in [5.74, 6) is 0. The van der Waals surface area contributed by atoms with Crippen molar-refractivity contribution < 1.29 is 0 Å². The highest BCUT2D eigenvalue weighted by molar-refractivity contribution is 5.90. The fourth-order valence-electron chi connectivity index (χ4n) is 4.48. The third kappa shape index (κ3) is 3.36. The quantitative estimate of drug-likeness (QED) is 0.842. The largest absolute Gasteiger partial charge is 0.304 e. The molecule has 1 aliphatic heterocycles. The maximum Gasteiger partial charge on any atom is 0.0110 e. The molecule has 0 spiro atoms. The van der Waals surface area contributed by atoms with Crippen molar-refractivity contribution in [3.8, 4) is 0 Å². The van der Waals surface area contributed by atoms with Gasteiger partial charge in [0.05, 0.1) is 0 Å². The summed E-state index contributed by atoms with van der Waals surface area (Å²) in [4.78, 5) is 5.08. The summed E-state index contributed by atoms with van der Waals surface area (Å²) in [5, 5.41) is 3.04. The number of nitrogens with zero attached hydrogens (tertiary/aromatic N) is 2. The van der Waals surface area contributed by atoms with Gasteiger partial charge in [-0.3, -0.25) is 0 Å². The molecule has 2 nitrogen and oxygen atoms in total. The Morgan fingerprint density at radius 1 is 0.917 bits per heavy atom. The molecule has 2 aliphatic rings. The van der Waals surface area contributed by atoms with Crippen LogP contribution < -0.4 is 0 Å². The second kappa shape index (κ2) is 7.25. The Balaban J connectivity index is 1.49. The maximum absolute atomic E-state index is 2.64. The number of fused-ring (bicyclic) bond motifs is 3. The van der Waals surface area contributed by atoms with Gasteiger partial charge in [-0.15, -0.1) is 0 Å². The predicted octanol–water partition coefficient (Wildman–Crippen LogP) is 3.90. The Bertz CT molecular complexity index is 698. The Morgan fingerprint density at radius 2 is 1.67 bits per heavy atom. The summed E-state index contributed by atoms with van der Waals surface area (Å²) in [5.41, 5.74) is 4.86. The van der Waals surface area contributed by atoms with E-state index in [2.05, 4.69) is 47.2 Å². The first kappa shape index (κ1) is 16.1. The Hall–Kier alpha value is -1.38. The molecule has 128 valence electrons. The highest BCUT2D eigenvalue weighted by atomic mass is 15.2. The smallest absolute Gasteiger partial charge is 0.0110 e. The first-order valence-corrected chi connectivity index (χ1v) is 9.74. The summed E-state index contributed by atoms with van der Waals surface area (Å²) in [6.45, 7) is 6.17. The molecule has 2 aromatic carbocycles. The molecule has 1 heterocycles. The van der Waals surface area contributed by atoms with Crippen LogP contribution in [-0.4, -0.2) is 49.6 Å². The molecule has 2 aromatic rings. The molecule has 0 N–H and O–H groups in total. The van der Waals surface area contributed by atoms with Gasteiger partial charge in [-0.25, -0.2) is 0 Å². The zero-order chi connectivity index (χ0) is 16.4. The molecule has 1 aliphatic carbocycles. The van der Waals surface area contributed by atoms with E-state index in [9.17, 15) is 0 Å². The van der Waals surface area contributed by atoms with Gasteiger partial charge in [-0.1, -0.05) is 30.3 Å². The van der Waals surface area contributed by atoms with E-state index >= 15 is 0 Å². The monoisotopic (exact) mass is 322 g/mol. The molecule has 0 atom stereocenters. The van der Waals surface area contributed by atoms with Gasteiger partial charge in [-0.05, 0) is 79.6 Å². The second-order valence-electron chi connectivity index (χ2n) is 7.67. The van der Waals surface area contributed by atoms with Crippen molar-refractivity contribution in [2.45, 2.75) is 38.5 Å². The molecule has 0 aromatic heterocycles. The van der Waals surface area contributed by atoms with Crippen LogP contribution in [0, 0.1) is 0 Å². The first-order valence-electron chi connectivity index (χ1n) is 9.74. The number of rotatable bonds is 4. The van der Waals surface area contributed by atoms with Gasteiger partial charge in [0.25, 0.3) is 0 Å². The maximum atomic E-state index is 2.64. The molecule has 4 rings (SSSR count). The second-order valence-corrected chi connectivity index (χ2v) is 7.67. The minimum Gasteiger partial charge on any atom is -0.304 e. The van der Waals surface area contributed by atoms with Gasteiger partial charge < -0.3 is 9.80 Å². The summed E-state index contributed by atoms with van der Waals surface area (Å²) in [6, 6.07) is 11.7. The van der Waals surface area contributed by atoms with E-state index < -0.39 is 0 Å². The SMILES string of the molecule is CN1CCN(CCCc2cc3c(c4ccccc24)CCCC3)CC1. The van der Waals surface area contributed by atoms with E-state index in [4.69, 9.17) is 0 Å². The fraction of sp³-hybridized carbons (Fsp3) is 0.545. The lowest BCUT2D eigenvalue weighted by Crippen LogP contribution is -2.44. The van der Waals surface area contributed by atoms with Crippen molar-refractivity contribution in [2.75, 3.05) is 39.8 Å². The van der Waals surface area contributed by atoms with Gasteiger partial charge in [0.2, 0.25) is 0 Å². The number of hydrogen-bond donors (Lipinski definition) is 0. The standard InChI is InChI=1S/C22H30N2/c1-23-13-15-24(16-14-23)12-6-8-19-17-18-7-2-3-9-20(18)22-11-5-4-10-21(19)22/h4-5,10-11,17H,2-3,6-9,12-16H2,1H3. The zero-order valence-electron chi connectivity index (χ0n) is 15.1. The van der Waals surface area contributed by atoms with Crippen molar-refractivity contribution in [3.05, 3.63) is 47.0 Å². The first-order chi connectivity index (χ1) is 11.8. The number of aryl methyl sites for hydroxylation is 3. The van der Waals surface area contributed by atoms with Crippen LogP contribution in [0.3, 0.4) is 0 Å². The van der Waals surface area contributed by atoms with Crippen LogP contribution >= 0.6 is 0 Å². The van der Waals surface area contributed by atoms with Crippen LogP contribution in [0.5, 0.6) is 0 Å². The lowest BCUT2D eigenvalue weighted by molar-refractivity contribution is 0.153. The molecule has 2 heteroatoms. The number of benzene rings is 2. The fourth-order valence-corrected chi connectivity index (χ4v) is 4.48. The van der Waals surface area contributed by atoms with Crippen LogP contribution in [-0.2, 0) is 19.3 Å². The minimum atomic E-state index is 1.22. The van der Waals surface area contributed by atoms with Crippen LogP contribution in [0.25, 0.3) is 10.8 Å². The molecular weight excluding hydrogens is 292 g/mol. The lowest BCUT2D eigenvalue weighted by atomic mass is 9.85. The summed E-state index contributed by atoms with van der Waals surface area (Å²) < 4.78 is 0. The lowest BCUT2D eigenvalue weighted by Gasteiger charge is -2.32. The third-order valence-electron chi connectivity index (χ3n) is 5.97. The van der Waals surface area contributed by atoms with Crippen LogP contribution in [0.15, 0.2) is 30.3 Å². The number of likely N-dealkylation sites (N-methyl/N-ethyl adjacent to an activating group) is 1. The molecule has 0 saturated carbocycles. The topological polar surface area (TPSA) is 6.48 Å². The van der Waals surface area contributed by atoms with E-state index in [-0.39, 0.29) is 0 Å². The van der Waals surface area contributed by atoms with Gasteiger partial charge in [-0.2, -0.15) is 0 Å². The average molecular weight is 322 g/mol. The van der Waals surface area contributed by atoms with E-state index in [1.54, 1.807) is 16.7 Å². The normalized spacial score (nSPS) is 19.5. The predicted molar refractivity (Wildman–Crippen MR) is 103 cm³/mol. The molecule has 0 unspecified atom stereocenters. The summed E-state index contributed by atoms with van der Waals surface area (Å²) in [6.07, 6.45) is 7.79. The van der Waals surface area contributed by atoms with E-state index in [0.717, 1.165) is 0 Å². The van der Waals surface area contributed by atoms with Crippen molar-refractivity contribution in [1.29, 1.82) is 0 Å². The highest BCUT2D eigenvalue weighted by Crippen LogP contribution is 2.32. The molecule has 24 heavy (non-hydrogen) atoms. The number of hydrogen-bond acceptors (Lipinski definition) is 2. The summed E-state index contributed by atoms with van der Waals surface area (Å²) >= 11 is 0. The Kier molecular flexibility index (Phi) is 4.86. The van der Waals surface area contributed by atoms with Gasteiger partial charge in [0, 0.05) is 26.2 Å². The van der Waals surface area contributed by atoms with Crippen LogP contribution in [0.4, 0.5) is 0 Å². The molecule has 1 saturated heterocycles. The van der Waals surface area contributed by atoms with E-state index in [1.165, 1.54) is 82.0 Å². The third-order valence-corrected chi connectivity index (χ3v) is 5.97. The molecule has 0 radical (unpaired) electrons. The van der Waals surface area contributed by atoms with Crippen molar-refractivity contribution in [2.24, 2.45) is 0 Å². The van der Waals surface area contributed by atoms with Crippen LogP contribution in [0.1, 0.15) is 36.0 Å². The highest BCUT2D eigenvalue weighted by Gasteiger charge is 2.16. The molecule has 1 fully saturated rings. The van der Waals surface area contributed by atoms with Gasteiger partial charge in [0.15, 0.2) is 0 Å². The molecule has 0 bridgehead atoms. The van der Waals surface area contributed by atoms with Crippen molar-refractivity contribution in [3.63, 3.8) is 0 Å². The van der Waals surface area contributed by atoms with Crippen molar-refractivity contribution >= 4 is 10.8 Å². The van der Waals surface area contributed by atoms with Crippen molar-refractivity contribution in [1.82, 2.24) is 9.80 Å². The van der Waals surface area contributed by atoms with Gasteiger partial charge >= 0.3 is 0 Å². The molecular formula is C22H30N2. The average Bonchev–Trinajstić information content (AvgIpc) is 2.63. The Morgan fingerprint density at radius 3 is 2.50 bits per heavy atom. The van der Waals surface area contributed by atoms with E-state index in [0.29, 0.717) is 0 Å². The molecule has 0 amide bonds. The van der Waals surface area contributed by atoms with Gasteiger partial charge in [0.1, 0.15) is 0 Å². The van der Waals surface area contributed by atoms with E-state index in [1.807, 2.05) is 0 Å². The zero-order valence-corrected chi connectivity index (χ0v) is 15.1. The Labute approximate surface area is 146 Å². The minimum absolute atomic E-state index is 1.22. The summed E-state index contributed by atoms with van der Waals surface area (Å²) in [7, 11) is 2.23.